The number of carboxylic acid groups (broad SMARTS) is 1. The van der Waals surface area contributed by atoms with Gasteiger partial charge in [0.2, 0.25) is 5.91 Å². The summed E-state index contributed by atoms with van der Waals surface area (Å²) in [7, 11) is 1.53. The van der Waals surface area contributed by atoms with Crippen LogP contribution in [0.4, 0.5) is 0 Å². The molecule has 0 aliphatic heterocycles. The first kappa shape index (κ1) is 15.8. The predicted octanol–water partition coefficient (Wildman–Crippen LogP) is 2.71. The van der Waals surface area contributed by atoms with Crippen LogP contribution in [0.15, 0.2) is 28.6 Å². The number of hydrogen-bond acceptors (Lipinski definition) is 5. The maximum absolute atomic E-state index is 12.1. The molecule has 0 aliphatic carbocycles. The molecule has 0 saturated carbocycles. The fourth-order valence-electron chi connectivity index (χ4n) is 1.93. The van der Waals surface area contributed by atoms with Gasteiger partial charge in [-0.05, 0) is 18.6 Å². The zero-order valence-electron chi connectivity index (χ0n) is 11.8. The van der Waals surface area contributed by atoms with Gasteiger partial charge in [0, 0.05) is 7.05 Å². The Kier molecular flexibility index (Phi) is 5.19. The highest BCUT2D eigenvalue weighted by Gasteiger charge is 2.24. The molecule has 2 aromatic rings. The van der Waals surface area contributed by atoms with Crippen LogP contribution in [0.2, 0.25) is 0 Å². The van der Waals surface area contributed by atoms with Gasteiger partial charge < -0.3 is 10.0 Å². The van der Waals surface area contributed by atoms with Crippen molar-refractivity contribution < 1.29 is 14.7 Å². The molecule has 1 aromatic carbocycles. The second-order valence-corrected chi connectivity index (χ2v) is 6.76. The zero-order chi connectivity index (χ0) is 15.4. The van der Waals surface area contributed by atoms with Crippen molar-refractivity contribution in [3.63, 3.8) is 0 Å². The van der Waals surface area contributed by atoms with Gasteiger partial charge in [0.05, 0.1) is 16.0 Å². The molecular formula is C14H16N2O3S2. The molecule has 0 saturated heterocycles. The lowest BCUT2D eigenvalue weighted by Crippen LogP contribution is -2.42. The van der Waals surface area contributed by atoms with Crippen molar-refractivity contribution in [2.75, 3.05) is 12.8 Å². The van der Waals surface area contributed by atoms with Crippen LogP contribution in [0.25, 0.3) is 10.2 Å². The molecule has 1 N–H and O–H groups in total. The summed E-state index contributed by atoms with van der Waals surface area (Å²) in [6.45, 7) is 1.75. The second-order valence-electron chi connectivity index (χ2n) is 4.50. The Labute approximate surface area is 131 Å². The molecule has 0 bridgehead atoms. The Morgan fingerprint density at radius 1 is 1.43 bits per heavy atom. The highest BCUT2D eigenvalue weighted by atomic mass is 32.2. The third kappa shape index (κ3) is 3.74. The first-order valence-electron chi connectivity index (χ1n) is 6.49. The smallest absolute Gasteiger partial charge is 0.326 e. The number of benzene rings is 1. The number of aromatic nitrogens is 1. The number of aliphatic carboxylic acids is 1. The molecule has 0 aliphatic rings. The minimum Gasteiger partial charge on any atom is -0.480 e. The Hall–Kier alpha value is -1.60. The lowest BCUT2D eigenvalue weighted by Gasteiger charge is -2.23. The average molecular weight is 324 g/mol. The fraction of sp³-hybridized carbons (Fsp3) is 0.357. The van der Waals surface area contributed by atoms with Crippen molar-refractivity contribution in [3.8, 4) is 0 Å². The summed E-state index contributed by atoms with van der Waals surface area (Å²) in [6.07, 6.45) is 0.392. The van der Waals surface area contributed by atoms with Gasteiger partial charge in [0.25, 0.3) is 0 Å². The van der Waals surface area contributed by atoms with Gasteiger partial charge in [-0.1, -0.05) is 30.8 Å². The van der Waals surface area contributed by atoms with Gasteiger partial charge in [0.1, 0.15) is 6.04 Å². The molecular weight excluding hydrogens is 308 g/mol. The number of carbonyl (C=O) groups excluding carboxylic acids is 1. The van der Waals surface area contributed by atoms with E-state index in [0.29, 0.717) is 6.42 Å². The van der Waals surface area contributed by atoms with E-state index in [0.717, 1.165) is 14.6 Å². The number of amides is 1. The maximum Gasteiger partial charge on any atom is 0.326 e. The molecule has 7 heteroatoms. The van der Waals surface area contributed by atoms with Crippen LogP contribution < -0.4 is 0 Å². The van der Waals surface area contributed by atoms with Gasteiger partial charge >= 0.3 is 5.97 Å². The molecule has 112 valence electrons. The molecule has 0 fully saturated rings. The van der Waals surface area contributed by atoms with Crippen molar-refractivity contribution in [1.29, 1.82) is 0 Å². The summed E-state index contributed by atoms with van der Waals surface area (Å²) in [5.41, 5.74) is 0.919. The molecule has 1 heterocycles. The highest BCUT2D eigenvalue weighted by molar-refractivity contribution is 8.01. The summed E-state index contributed by atoms with van der Waals surface area (Å²) >= 11 is 2.88. The van der Waals surface area contributed by atoms with E-state index in [1.54, 1.807) is 6.92 Å². The van der Waals surface area contributed by atoms with Crippen molar-refractivity contribution in [1.82, 2.24) is 9.88 Å². The molecule has 0 radical (unpaired) electrons. The number of carboxylic acids is 1. The Bertz CT molecular complexity index is 623. The number of fused-ring (bicyclic) bond motifs is 1. The molecule has 1 unspecified atom stereocenters. The third-order valence-electron chi connectivity index (χ3n) is 3.13. The number of rotatable bonds is 6. The van der Waals surface area contributed by atoms with Crippen molar-refractivity contribution in [3.05, 3.63) is 24.3 Å². The van der Waals surface area contributed by atoms with E-state index >= 15 is 0 Å². The van der Waals surface area contributed by atoms with E-state index in [2.05, 4.69) is 4.98 Å². The van der Waals surface area contributed by atoms with Crippen LogP contribution >= 0.6 is 23.1 Å². The van der Waals surface area contributed by atoms with E-state index in [1.807, 2.05) is 24.3 Å². The summed E-state index contributed by atoms with van der Waals surface area (Å²) in [5.74, 6) is -0.980. The van der Waals surface area contributed by atoms with E-state index in [-0.39, 0.29) is 11.7 Å². The minimum absolute atomic E-state index is 0.195. The van der Waals surface area contributed by atoms with Crippen LogP contribution in [0.1, 0.15) is 13.3 Å². The van der Waals surface area contributed by atoms with Crippen LogP contribution in [0, 0.1) is 0 Å². The standard InChI is InChI=1S/C14H16N2O3S2/c1-3-10(13(18)19)16(2)12(17)8-20-14-15-9-6-4-5-7-11(9)21-14/h4-7,10H,3,8H2,1-2H3,(H,18,19). The summed E-state index contributed by atoms with van der Waals surface area (Å²) in [4.78, 5) is 28.8. The average Bonchev–Trinajstić information content (AvgIpc) is 2.87. The Morgan fingerprint density at radius 2 is 2.14 bits per heavy atom. The van der Waals surface area contributed by atoms with E-state index in [9.17, 15) is 9.59 Å². The van der Waals surface area contributed by atoms with Crippen LogP contribution in [-0.4, -0.2) is 45.7 Å². The first-order valence-corrected chi connectivity index (χ1v) is 8.30. The van der Waals surface area contributed by atoms with Gasteiger partial charge in [-0.15, -0.1) is 11.3 Å². The van der Waals surface area contributed by atoms with Gasteiger partial charge in [-0.3, -0.25) is 4.79 Å². The third-order valence-corrected chi connectivity index (χ3v) is 5.29. The summed E-state index contributed by atoms with van der Waals surface area (Å²) in [5, 5.41) is 9.06. The predicted molar refractivity (Wildman–Crippen MR) is 84.8 cm³/mol. The number of thioether (sulfide) groups is 1. The lowest BCUT2D eigenvalue weighted by atomic mass is 10.2. The number of nitrogens with zero attached hydrogens (tertiary/aromatic N) is 2. The number of hydrogen-bond donors (Lipinski definition) is 1. The minimum atomic E-state index is -0.974. The summed E-state index contributed by atoms with van der Waals surface area (Å²) in [6, 6.07) is 7.03. The van der Waals surface area contributed by atoms with Gasteiger partial charge in [-0.2, -0.15) is 0 Å². The van der Waals surface area contributed by atoms with Crippen LogP contribution in [0.3, 0.4) is 0 Å². The second kappa shape index (κ2) is 6.91. The van der Waals surface area contributed by atoms with Gasteiger partial charge in [-0.25, -0.2) is 9.78 Å². The van der Waals surface area contributed by atoms with Crippen LogP contribution in [-0.2, 0) is 9.59 Å². The topological polar surface area (TPSA) is 70.5 Å². The largest absolute Gasteiger partial charge is 0.480 e. The first-order chi connectivity index (χ1) is 10.0. The highest BCUT2D eigenvalue weighted by Crippen LogP contribution is 2.29. The monoisotopic (exact) mass is 324 g/mol. The molecule has 1 amide bonds. The van der Waals surface area contributed by atoms with Crippen molar-refractivity contribution >= 4 is 45.2 Å². The number of carbonyl (C=O) groups is 2. The lowest BCUT2D eigenvalue weighted by molar-refractivity contribution is -0.148. The quantitative estimate of drug-likeness (QED) is 0.827. The fourth-order valence-corrected chi connectivity index (χ4v) is 3.92. The van der Waals surface area contributed by atoms with E-state index in [4.69, 9.17) is 5.11 Å². The van der Waals surface area contributed by atoms with Crippen LogP contribution in [0.5, 0.6) is 0 Å². The molecule has 1 atom stereocenters. The molecule has 2 rings (SSSR count). The molecule has 0 spiro atoms. The van der Waals surface area contributed by atoms with E-state index in [1.165, 1.54) is 35.0 Å². The number of likely N-dealkylation sites (N-methyl/N-ethyl adjacent to an activating group) is 1. The molecule has 21 heavy (non-hydrogen) atoms. The number of thiazole rings is 1. The van der Waals surface area contributed by atoms with Gasteiger partial charge in [0.15, 0.2) is 4.34 Å². The van der Waals surface area contributed by atoms with E-state index < -0.39 is 12.0 Å². The SMILES string of the molecule is CCC(C(=O)O)N(C)C(=O)CSc1nc2ccccc2s1. The van der Waals surface area contributed by atoms with Crippen molar-refractivity contribution in [2.45, 2.75) is 23.7 Å². The summed E-state index contributed by atoms with van der Waals surface area (Å²) < 4.78 is 1.90. The van der Waals surface area contributed by atoms with Crippen molar-refractivity contribution in [2.24, 2.45) is 0 Å². The number of para-hydroxylation sites is 1. The zero-order valence-corrected chi connectivity index (χ0v) is 13.4. The Morgan fingerprint density at radius 3 is 2.76 bits per heavy atom. The normalized spacial score (nSPS) is 12.3. The molecule has 1 aromatic heterocycles. The maximum atomic E-state index is 12.1. The Balaban J connectivity index is 1.98. The molecule has 5 nitrogen and oxygen atoms in total.